The molecule has 0 aliphatic carbocycles. The second-order valence-electron chi connectivity index (χ2n) is 2.35. The average molecular weight is 206 g/mol. The smallest absolute Gasteiger partial charge is 0.152 e. The van der Waals surface area contributed by atoms with E-state index in [0.717, 1.165) is 5.56 Å². The van der Waals surface area contributed by atoms with Gasteiger partial charge in [-0.25, -0.2) is 0 Å². The molecule has 1 aromatic rings. The zero-order valence-electron chi connectivity index (χ0n) is 10.4. The predicted octanol–water partition coefficient (Wildman–Crippen LogP) is 4.34. The quantitative estimate of drug-likeness (QED) is 0.658. The summed E-state index contributed by atoms with van der Waals surface area (Å²) in [6.45, 7) is 9.54. The highest BCUT2D eigenvalue weighted by atomic mass is 16.1. The van der Waals surface area contributed by atoms with E-state index >= 15 is 0 Å². The Morgan fingerprint density at radius 1 is 1.00 bits per heavy atom. The van der Waals surface area contributed by atoms with Crippen LogP contribution in [0.5, 0.6) is 0 Å². The predicted molar refractivity (Wildman–Crippen MR) is 68.9 cm³/mol. The Balaban J connectivity index is 0. The highest BCUT2D eigenvalue weighted by Gasteiger charge is 1.83. The maximum absolute atomic E-state index is 10.5. The summed E-state index contributed by atoms with van der Waals surface area (Å²) in [4.78, 5) is 10.5. The molecule has 0 saturated heterocycles. The molecule has 84 valence electrons. The van der Waals surface area contributed by atoms with Crippen molar-refractivity contribution in [3.63, 3.8) is 0 Å². The largest absolute Gasteiger partial charge is 0.295 e. The van der Waals surface area contributed by atoms with Crippen LogP contribution < -0.4 is 0 Å². The van der Waals surface area contributed by atoms with E-state index in [1.54, 1.807) is 13.0 Å². The van der Waals surface area contributed by atoms with Crippen molar-refractivity contribution in [2.24, 2.45) is 0 Å². The number of hydrogen-bond acceptors (Lipinski definition) is 1. The maximum Gasteiger partial charge on any atom is 0.152 e. The van der Waals surface area contributed by atoms with Crippen LogP contribution in [-0.2, 0) is 4.79 Å². The molecule has 0 fully saturated rings. The van der Waals surface area contributed by atoms with Crippen molar-refractivity contribution in [2.45, 2.75) is 34.6 Å². The number of allylic oxidation sites excluding steroid dienone is 1. The lowest BCUT2D eigenvalue weighted by atomic mass is 10.2. The van der Waals surface area contributed by atoms with Gasteiger partial charge in [0.2, 0.25) is 0 Å². The average Bonchev–Trinajstić information content (AvgIpc) is 2.33. The summed E-state index contributed by atoms with van der Waals surface area (Å²) in [5, 5.41) is 0. The van der Waals surface area contributed by atoms with Crippen molar-refractivity contribution < 1.29 is 4.79 Å². The fourth-order valence-corrected chi connectivity index (χ4v) is 0.778. The number of ketones is 1. The Bertz CT molecular complexity index is 260. The van der Waals surface area contributed by atoms with Gasteiger partial charge in [-0.15, -0.1) is 0 Å². The number of carbonyl (C=O) groups excluding carboxylic acids is 1. The summed E-state index contributed by atoms with van der Waals surface area (Å²) >= 11 is 0. The minimum Gasteiger partial charge on any atom is -0.295 e. The van der Waals surface area contributed by atoms with Crippen LogP contribution in [0.2, 0.25) is 0 Å². The van der Waals surface area contributed by atoms with Gasteiger partial charge in [0.25, 0.3) is 0 Å². The van der Waals surface area contributed by atoms with Crippen molar-refractivity contribution in [2.75, 3.05) is 0 Å². The molecule has 0 amide bonds. The topological polar surface area (TPSA) is 17.1 Å². The molecule has 0 spiro atoms. The van der Waals surface area contributed by atoms with E-state index in [0.29, 0.717) is 0 Å². The molecule has 0 bridgehead atoms. The molecule has 0 aromatic heterocycles. The fourth-order valence-electron chi connectivity index (χ4n) is 0.778. The van der Waals surface area contributed by atoms with Crippen molar-refractivity contribution in [1.29, 1.82) is 0 Å². The first-order valence-electron chi connectivity index (χ1n) is 5.53. The van der Waals surface area contributed by atoms with Gasteiger partial charge in [0, 0.05) is 0 Å². The number of rotatable bonds is 2. The minimum atomic E-state index is 0.0776. The zero-order valence-corrected chi connectivity index (χ0v) is 10.4. The van der Waals surface area contributed by atoms with Gasteiger partial charge >= 0.3 is 0 Å². The van der Waals surface area contributed by atoms with Crippen molar-refractivity contribution in [1.82, 2.24) is 0 Å². The van der Waals surface area contributed by atoms with E-state index in [4.69, 9.17) is 0 Å². The van der Waals surface area contributed by atoms with Gasteiger partial charge in [-0.05, 0) is 18.6 Å². The van der Waals surface area contributed by atoms with Crippen LogP contribution >= 0.6 is 0 Å². The molecular formula is C14H22O. The van der Waals surface area contributed by atoms with E-state index in [1.807, 2.05) is 64.1 Å². The molecule has 1 heteroatoms. The monoisotopic (exact) mass is 206 g/mol. The number of benzene rings is 1. The third-order valence-electron chi connectivity index (χ3n) is 1.31. The van der Waals surface area contributed by atoms with Crippen molar-refractivity contribution in [3.05, 3.63) is 42.0 Å². The summed E-state index contributed by atoms with van der Waals surface area (Å²) in [6.07, 6.45) is 3.37. The Labute approximate surface area is 93.8 Å². The van der Waals surface area contributed by atoms with E-state index in [1.165, 1.54) is 0 Å². The normalized spacial score (nSPS) is 8.33. The van der Waals surface area contributed by atoms with Gasteiger partial charge < -0.3 is 0 Å². The van der Waals surface area contributed by atoms with E-state index < -0.39 is 0 Å². The summed E-state index contributed by atoms with van der Waals surface area (Å²) in [5.41, 5.74) is 1.06. The third-order valence-corrected chi connectivity index (χ3v) is 1.31. The molecule has 15 heavy (non-hydrogen) atoms. The van der Waals surface area contributed by atoms with E-state index in [9.17, 15) is 4.79 Å². The van der Waals surface area contributed by atoms with Gasteiger partial charge in [0.05, 0.1) is 0 Å². The Morgan fingerprint density at radius 2 is 1.47 bits per heavy atom. The number of carbonyl (C=O) groups is 1. The fraction of sp³-hybridized carbons (Fsp3) is 0.357. The summed E-state index contributed by atoms with van der Waals surface area (Å²) in [5.74, 6) is 0.0776. The van der Waals surface area contributed by atoms with Crippen molar-refractivity contribution in [3.8, 4) is 0 Å². The van der Waals surface area contributed by atoms with Crippen LogP contribution in [0.15, 0.2) is 36.4 Å². The lowest BCUT2D eigenvalue weighted by molar-refractivity contribution is -0.112. The van der Waals surface area contributed by atoms with Gasteiger partial charge in [0.15, 0.2) is 5.78 Å². The standard InChI is InChI=1S/C10H10O.2C2H6/c1-9(11)7-8-10-5-3-2-4-6-10;2*1-2/h2-8H,1H3;2*1-2H3. The second-order valence-corrected chi connectivity index (χ2v) is 2.35. The van der Waals surface area contributed by atoms with Gasteiger partial charge in [-0.1, -0.05) is 64.1 Å². The SMILES string of the molecule is CC.CC.CC(=O)C=Cc1ccccc1. The molecule has 0 aliphatic heterocycles. The van der Waals surface area contributed by atoms with E-state index in [-0.39, 0.29) is 5.78 Å². The summed E-state index contributed by atoms with van der Waals surface area (Å²) in [6, 6.07) is 9.75. The van der Waals surface area contributed by atoms with Gasteiger partial charge in [0.1, 0.15) is 0 Å². The maximum atomic E-state index is 10.5. The summed E-state index contributed by atoms with van der Waals surface area (Å²) < 4.78 is 0. The van der Waals surface area contributed by atoms with Crippen LogP contribution in [0.25, 0.3) is 6.08 Å². The van der Waals surface area contributed by atoms with Crippen LogP contribution in [0, 0.1) is 0 Å². The first-order chi connectivity index (χ1) is 7.29. The lowest BCUT2D eigenvalue weighted by Crippen LogP contribution is -1.79. The van der Waals surface area contributed by atoms with Crippen LogP contribution in [0.4, 0.5) is 0 Å². The zero-order chi connectivity index (χ0) is 12.1. The molecule has 0 heterocycles. The molecule has 0 radical (unpaired) electrons. The molecule has 1 aromatic carbocycles. The molecule has 0 atom stereocenters. The first kappa shape index (κ1) is 16.1. The third kappa shape index (κ3) is 10.6. The van der Waals surface area contributed by atoms with Crippen LogP contribution in [0.1, 0.15) is 40.2 Å². The molecule has 0 unspecified atom stereocenters. The Kier molecular flexibility index (Phi) is 13.5. The van der Waals surface area contributed by atoms with Crippen LogP contribution in [0.3, 0.4) is 0 Å². The van der Waals surface area contributed by atoms with Crippen LogP contribution in [-0.4, -0.2) is 5.78 Å². The Morgan fingerprint density at radius 3 is 1.87 bits per heavy atom. The van der Waals surface area contributed by atoms with Gasteiger partial charge in [-0.3, -0.25) is 4.79 Å². The molecule has 0 saturated carbocycles. The first-order valence-corrected chi connectivity index (χ1v) is 5.53. The highest BCUT2D eigenvalue weighted by molar-refractivity contribution is 5.91. The molecule has 1 rings (SSSR count). The minimum absolute atomic E-state index is 0.0776. The molecule has 0 N–H and O–H groups in total. The van der Waals surface area contributed by atoms with Gasteiger partial charge in [-0.2, -0.15) is 0 Å². The highest BCUT2D eigenvalue weighted by Crippen LogP contribution is 2.00. The van der Waals surface area contributed by atoms with Crippen molar-refractivity contribution >= 4 is 11.9 Å². The second kappa shape index (κ2) is 12.6. The van der Waals surface area contributed by atoms with E-state index in [2.05, 4.69) is 0 Å². The molecule has 0 aliphatic rings. The molecule has 1 nitrogen and oxygen atoms in total. The molecular weight excluding hydrogens is 184 g/mol. The lowest BCUT2D eigenvalue weighted by Gasteiger charge is -1.88. The summed E-state index contributed by atoms with van der Waals surface area (Å²) in [7, 11) is 0. The Hall–Kier alpha value is -1.37. The number of hydrogen-bond donors (Lipinski definition) is 0.